The van der Waals surface area contributed by atoms with E-state index in [4.69, 9.17) is 5.11 Å². The van der Waals surface area contributed by atoms with E-state index < -0.39 is 24.3 Å². The van der Waals surface area contributed by atoms with E-state index in [9.17, 15) is 20.1 Å². The van der Waals surface area contributed by atoms with Gasteiger partial charge >= 0.3 is 5.97 Å². The van der Waals surface area contributed by atoms with Crippen molar-refractivity contribution < 1.29 is 25.2 Å². The summed E-state index contributed by atoms with van der Waals surface area (Å²) in [4.78, 5) is 10.3. The van der Waals surface area contributed by atoms with Gasteiger partial charge in [0, 0.05) is 6.42 Å². The molecule has 4 N–H and O–H groups in total. The topological polar surface area (TPSA) is 98.0 Å². The first kappa shape index (κ1) is 23.1. The Morgan fingerprint density at radius 2 is 1.40 bits per heavy atom. The van der Waals surface area contributed by atoms with Gasteiger partial charge < -0.3 is 20.4 Å². The minimum Gasteiger partial charge on any atom is -0.481 e. The van der Waals surface area contributed by atoms with Crippen LogP contribution in [0.25, 0.3) is 0 Å². The molecule has 0 radical (unpaired) electrons. The summed E-state index contributed by atoms with van der Waals surface area (Å²) in [6.45, 7) is 1.90. The number of hydrogen-bond donors (Lipinski definition) is 4. The molecule has 0 aromatic heterocycles. The van der Waals surface area contributed by atoms with Crippen LogP contribution in [0.3, 0.4) is 0 Å². The van der Waals surface area contributed by atoms with E-state index >= 15 is 0 Å². The Labute approximate surface area is 150 Å². The summed E-state index contributed by atoms with van der Waals surface area (Å²) in [6, 6.07) is 0. The Hall–Kier alpha value is -1.95. The first-order valence-electron chi connectivity index (χ1n) is 8.56. The van der Waals surface area contributed by atoms with Crippen LogP contribution < -0.4 is 0 Å². The van der Waals surface area contributed by atoms with E-state index in [-0.39, 0.29) is 6.42 Å². The van der Waals surface area contributed by atoms with Gasteiger partial charge in [-0.3, -0.25) is 4.79 Å². The van der Waals surface area contributed by atoms with Crippen molar-refractivity contribution >= 4 is 5.97 Å². The molecule has 0 aliphatic heterocycles. The first-order valence-corrected chi connectivity index (χ1v) is 8.56. The third-order valence-electron chi connectivity index (χ3n) is 3.27. The number of aliphatic hydroxyl groups excluding tert-OH is 3. The highest BCUT2D eigenvalue weighted by molar-refractivity contribution is 5.66. The van der Waals surface area contributed by atoms with Crippen LogP contribution in [0.15, 0.2) is 60.8 Å². The van der Waals surface area contributed by atoms with Crippen LogP contribution in [0.4, 0.5) is 0 Å². The van der Waals surface area contributed by atoms with Crippen molar-refractivity contribution in [2.45, 2.75) is 57.3 Å². The number of aliphatic carboxylic acids is 1. The molecule has 0 spiro atoms. The molecular weight excluding hydrogens is 320 g/mol. The molecule has 0 amide bonds. The van der Waals surface area contributed by atoms with E-state index in [1.54, 1.807) is 54.7 Å². The Kier molecular flexibility index (Phi) is 14.4. The summed E-state index contributed by atoms with van der Waals surface area (Å²) < 4.78 is 0. The zero-order chi connectivity index (χ0) is 18.9. The Morgan fingerprint density at radius 3 is 2.00 bits per heavy atom. The zero-order valence-corrected chi connectivity index (χ0v) is 14.7. The van der Waals surface area contributed by atoms with Crippen LogP contribution in [0.1, 0.15) is 39.0 Å². The van der Waals surface area contributed by atoms with Gasteiger partial charge in [-0.25, -0.2) is 0 Å². The quantitative estimate of drug-likeness (QED) is 0.383. The largest absolute Gasteiger partial charge is 0.481 e. The number of rotatable bonds is 13. The number of hydrogen-bond acceptors (Lipinski definition) is 4. The first-order chi connectivity index (χ1) is 12.0. The highest BCUT2D eigenvalue weighted by Gasteiger charge is 2.01. The van der Waals surface area contributed by atoms with Gasteiger partial charge in [0.05, 0.1) is 18.3 Å². The van der Waals surface area contributed by atoms with Crippen LogP contribution in [-0.2, 0) is 4.79 Å². The minimum absolute atomic E-state index is 0.0603. The normalized spacial score (nSPS) is 16.6. The lowest BCUT2D eigenvalue weighted by atomic mass is 10.1. The second kappa shape index (κ2) is 15.6. The summed E-state index contributed by atoms with van der Waals surface area (Å²) in [5.41, 5.74) is 0. The van der Waals surface area contributed by atoms with Gasteiger partial charge in [0.25, 0.3) is 0 Å². The summed E-state index contributed by atoms with van der Waals surface area (Å²) in [5.74, 6) is -0.857. The maximum atomic E-state index is 10.3. The third kappa shape index (κ3) is 16.7. The summed E-state index contributed by atoms with van der Waals surface area (Å²) in [6.07, 6.45) is 17.6. The standard InChI is InChI=1S/C20H30O5/c1-2-17(21)11-8-5-9-14-18(22)12-6-3-4-7-13-19(23)15-10-16-20(24)25/h3-9,11-13,17-19,21-23H,2,10,14-16H2,1H3,(H,24,25). The van der Waals surface area contributed by atoms with Gasteiger partial charge in [-0.15, -0.1) is 0 Å². The molecule has 0 rings (SSSR count). The monoisotopic (exact) mass is 350 g/mol. The fourth-order valence-electron chi connectivity index (χ4n) is 1.78. The second-order valence-electron chi connectivity index (χ2n) is 5.60. The lowest BCUT2D eigenvalue weighted by molar-refractivity contribution is -0.137. The summed E-state index contributed by atoms with van der Waals surface area (Å²) in [7, 11) is 0. The molecule has 0 aromatic rings. The predicted molar refractivity (Wildman–Crippen MR) is 100 cm³/mol. The number of carbonyl (C=O) groups is 1. The third-order valence-corrected chi connectivity index (χ3v) is 3.27. The van der Waals surface area contributed by atoms with E-state index in [1.165, 1.54) is 0 Å². The molecule has 3 atom stereocenters. The molecule has 0 saturated carbocycles. The fourth-order valence-corrected chi connectivity index (χ4v) is 1.78. The SMILES string of the molecule is CCC(O)C=CC=CCC(O)C=CC=CC=CC(O)CCCC(=O)O. The molecule has 0 saturated heterocycles. The highest BCUT2D eigenvalue weighted by Crippen LogP contribution is 2.02. The average Bonchev–Trinajstić information content (AvgIpc) is 2.57. The van der Waals surface area contributed by atoms with Gasteiger partial charge in [0.2, 0.25) is 0 Å². The Morgan fingerprint density at radius 1 is 0.840 bits per heavy atom. The van der Waals surface area contributed by atoms with Gasteiger partial charge in [0.15, 0.2) is 0 Å². The minimum atomic E-state index is -0.857. The molecule has 0 bridgehead atoms. The average molecular weight is 350 g/mol. The van der Waals surface area contributed by atoms with Gasteiger partial charge in [-0.1, -0.05) is 67.7 Å². The number of carboxylic acids is 1. The van der Waals surface area contributed by atoms with Crippen LogP contribution in [0.2, 0.25) is 0 Å². The highest BCUT2D eigenvalue weighted by atomic mass is 16.4. The van der Waals surface area contributed by atoms with Gasteiger partial charge in [-0.2, -0.15) is 0 Å². The predicted octanol–water partition coefficient (Wildman–Crippen LogP) is 2.91. The molecule has 25 heavy (non-hydrogen) atoms. The maximum Gasteiger partial charge on any atom is 0.303 e. The van der Waals surface area contributed by atoms with Crippen LogP contribution >= 0.6 is 0 Å². The lowest BCUT2D eigenvalue weighted by Crippen LogP contribution is -2.03. The fraction of sp³-hybridized carbons (Fsp3) is 0.450. The molecule has 3 unspecified atom stereocenters. The van der Waals surface area contributed by atoms with Gasteiger partial charge in [0.1, 0.15) is 0 Å². The van der Waals surface area contributed by atoms with Crippen LogP contribution in [-0.4, -0.2) is 44.7 Å². The molecule has 140 valence electrons. The van der Waals surface area contributed by atoms with E-state index in [1.807, 2.05) is 13.0 Å². The number of carboxylic acid groups (broad SMARTS) is 1. The Bertz CT molecular complexity index is 488. The molecule has 0 aromatic carbocycles. The van der Waals surface area contributed by atoms with Crippen LogP contribution in [0.5, 0.6) is 0 Å². The molecule has 0 fully saturated rings. The van der Waals surface area contributed by atoms with E-state index in [0.29, 0.717) is 25.7 Å². The van der Waals surface area contributed by atoms with Crippen molar-refractivity contribution in [2.24, 2.45) is 0 Å². The molecule has 0 aliphatic carbocycles. The second-order valence-corrected chi connectivity index (χ2v) is 5.60. The molecular formula is C20H30O5. The number of allylic oxidation sites excluding steroid dienone is 6. The van der Waals surface area contributed by atoms with E-state index in [0.717, 1.165) is 0 Å². The van der Waals surface area contributed by atoms with Gasteiger partial charge in [-0.05, 0) is 25.7 Å². The van der Waals surface area contributed by atoms with Crippen molar-refractivity contribution in [3.05, 3.63) is 60.8 Å². The van der Waals surface area contributed by atoms with E-state index in [2.05, 4.69) is 0 Å². The lowest BCUT2D eigenvalue weighted by Gasteiger charge is -2.02. The van der Waals surface area contributed by atoms with Crippen molar-refractivity contribution in [2.75, 3.05) is 0 Å². The molecule has 5 nitrogen and oxygen atoms in total. The molecule has 0 heterocycles. The summed E-state index contributed by atoms with van der Waals surface area (Å²) in [5, 5.41) is 37.2. The molecule has 0 aliphatic rings. The van der Waals surface area contributed by atoms with Crippen LogP contribution in [0, 0.1) is 0 Å². The van der Waals surface area contributed by atoms with Crippen molar-refractivity contribution in [3.63, 3.8) is 0 Å². The maximum absolute atomic E-state index is 10.3. The molecule has 5 heteroatoms. The smallest absolute Gasteiger partial charge is 0.303 e. The number of aliphatic hydroxyl groups is 3. The Balaban J connectivity index is 3.95. The van der Waals surface area contributed by atoms with Crippen molar-refractivity contribution in [1.29, 1.82) is 0 Å². The van der Waals surface area contributed by atoms with Crippen molar-refractivity contribution in [3.8, 4) is 0 Å². The van der Waals surface area contributed by atoms with Crippen molar-refractivity contribution in [1.82, 2.24) is 0 Å². The zero-order valence-electron chi connectivity index (χ0n) is 14.7. The summed E-state index contributed by atoms with van der Waals surface area (Å²) >= 11 is 0.